The van der Waals surface area contributed by atoms with Gasteiger partial charge in [-0.05, 0) is 58.0 Å². The molecule has 4 heteroatoms. The second-order valence-electron chi connectivity index (χ2n) is 7.22. The van der Waals surface area contributed by atoms with Crippen LogP contribution in [0.15, 0.2) is 0 Å². The minimum absolute atomic E-state index is 0.167. The Morgan fingerprint density at radius 2 is 2.00 bits per heavy atom. The highest BCUT2D eigenvalue weighted by molar-refractivity contribution is 5.84. The average molecular weight is 295 g/mol. The molecule has 2 rings (SSSR count). The summed E-state index contributed by atoms with van der Waals surface area (Å²) in [6.45, 7) is 5.25. The van der Waals surface area contributed by atoms with E-state index in [1.807, 2.05) is 0 Å². The van der Waals surface area contributed by atoms with Crippen LogP contribution in [0.5, 0.6) is 0 Å². The van der Waals surface area contributed by atoms with Crippen LogP contribution in [-0.2, 0) is 4.79 Å². The van der Waals surface area contributed by atoms with E-state index in [2.05, 4.69) is 31.1 Å². The van der Waals surface area contributed by atoms with Gasteiger partial charge in [-0.15, -0.1) is 0 Å². The molecular weight excluding hydrogens is 262 g/mol. The maximum atomic E-state index is 12.0. The molecule has 0 bridgehead atoms. The largest absolute Gasteiger partial charge is 0.368 e. The molecule has 0 spiro atoms. The maximum absolute atomic E-state index is 12.0. The molecule has 2 aliphatic carbocycles. The Kier molecular flexibility index (Phi) is 5.67. The van der Waals surface area contributed by atoms with Crippen molar-refractivity contribution in [3.05, 3.63) is 0 Å². The first-order chi connectivity index (χ1) is 10.00. The van der Waals surface area contributed by atoms with Gasteiger partial charge in [-0.2, -0.15) is 0 Å². The van der Waals surface area contributed by atoms with E-state index in [9.17, 15) is 4.79 Å². The number of primary amides is 1. The lowest BCUT2D eigenvalue weighted by Gasteiger charge is -2.47. The summed E-state index contributed by atoms with van der Waals surface area (Å²) in [7, 11) is 2.26. The second kappa shape index (κ2) is 7.10. The van der Waals surface area contributed by atoms with Crippen LogP contribution in [0.2, 0.25) is 0 Å². The number of carbonyl (C=O) groups is 1. The number of nitrogens with zero attached hydrogens (tertiary/aromatic N) is 1. The Bertz CT molecular complexity index is 356. The molecule has 3 N–H and O–H groups in total. The fourth-order valence-corrected chi connectivity index (χ4v) is 4.58. The van der Waals surface area contributed by atoms with Gasteiger partial charge < -0.3 is 16.0 Å². The first-order valence-corrected chi connectivity index (χ1v) is 8.77. The lowest BCUT2D eigenvalue weighted by molar-refractivity contribution is -0.127. The van der Waals surface area contributed by atoms with Crippen molar-refractivity contribution in [1.29, 1.82) is 0 Å². The summed E-state index contributed by atoms with van der Waals surface area (Å²) in [4.78, 5) is 14.6. The Hall–Kier alpha value is -0.610. The molecule has 1 amide bonds. The zero-order chi connectivity index (χ0) is 15.5. The van der Waals surface area contributed by atoms with Crippen LogP contribution in [0.3, 0.4) is 0 Å². The molecule has 4 atom stereocenters. The molecule has 0 saturated heterocycles. The highest BCUT2D eigenvalue weighted by Crippen LogP contribution is 2.35. The van der Waals surface area contributed by atoms with Crippen molar-refractivity contribution in [3.8, 4) is 0 Å². The van der Waals surface area contributed by atoms with Gasteiger partial charge in [0.1, 0.15) is 0 Å². The second-order valence-corrected chi connectivity index (χ2v) is 7.22. The quantitative estimate of drug-likeness (QED) is 0.818. The third kappa shape index (κ3) is 3.59. The van der Waals surface area contributed by atoms with Crippen LogP contribution in [0, 0.1) is 5.92 Å². The smallest absolute Gasteiger partial charge is 0.237 e. The molecule has 0 heterocycles. The Labute approximate surface area is 129 Å². The van der Waals surface area contributed by atoms with Crippen molar-refractivity contribution in [2.75, 3.05) is 13.6 Å². The fourth-order valence-electron chi connectivity index (χ4n) is 4.58. The number of nitrogens with one attached hydrogen (secondary N) is 1. The summed E-state index contributed by atoms with van der Waals surface area (Å²) in [5.74, 6) is 0.604. The highest BCUT2D eigenvalue weighted by Gasteiger charge is 2.43. The molecule has 4 nitrogen and oxygen atoms in total. The monoisotopic (exact) mass is 295 g/mol. The number of amides is 1. The standard InChI is InChI=1S/C17H33N3O/c1-4-19-17(16(18)21)11-7-9-14(12-17)20(3)15-10-6-5-8-13(15)2/h13-15,19H,4-12H2,1-3H3,(H2,18,21). The minimum Gasteiger partial charge on any atom is -0.368 e. The van der Waals surface area contributed by atoms with E-state index in [-0.39, 0.29) is 5.91 Å². The number of rotatable bonds is 5. The van der Waals surface area contributed by atoms with Crippen molar-refractivity contribution in [2.45, 2.75) is 82.8 Å². The third-order valence-electron chi connectivity index (χ3n) is 5.88. The van der Waals surface area contributed by atoms with Crippen LogP contribution >= 0.6 is 0 Å². The van der Waals surface area contributed by atoms with Crippen LogP contribution in [0.25, 0.3) is 0 Å². The van der Waals surface area contributed by atoms with Crippen molar-refractivity contribution < 1.29 is 4.79 Å². The van der Waals surface area contributed by atoms with Crippen LogP contribution in [-0.4, -0.2) is 42.0 Å². The van der Waals surface area contributed by atoms with Gasteiger partial charge in [0.15, 0.2) is 0 Å². The van der Waals surface area contributed by atoms with Gasteiger partial charge in [-0.1, -0.05) is 26.7 Å². The molecule has 0 aromatic heterocycles. The predicted molar refractivity (Wildman–Crippen MR) is 87.0 cm³/mol. The molecule has 0 aliphatic heterocycles. The number of likely N-dealkylation sites (N-methyl/N-ethyl adjacent to an activating group) is 1. The lowest BCUT2D eigenvalue weighted by Crippen LogP contribution is -2.61. The van der Waals surface area contributed by atoms with Crippen LogP contribution in [0.1, 0.15) is 65.2 Å². The summed E-state index contributed by atoms with van der Waals surface area (Å²) in [5.41, 5.74) is 5.25. The average Bonchev–Trinajstić information content (AvgIpc) is 2.47. The normalized spacial score (nSPS) is 37.6. The Morgan fingerprint density at radius 3 is 2.62 bits per heavy atom. The van der Waals surface area contributed by atoms with Crippen LogP contribution in [0.4, 0.5) is 0 Å². The molecular formula is C17H33N3O. The van der Waals surface area contributed by atoms with E-state index in [1.54, 1.807) is 0 Å². The van der Waals surface area contributed by atoms with Crippen molar-refractivity contribution in [2.24, 2.45) is 11.7 Å². The molecule has 21 heavy (non-hydrogen) atoms. The molecule has 0 radical (unpaired) electrons. The van der Waals surface area contributed by atoms with E-state index in [4.69, 9.17) is 5.73 Å². The van der Waals surface area contributed by atoms with Crippen molar-refractivity contribution in [1.82, 2.24) is 10.2 Å². The molecule has 2 fully saturated rings. The zero-order valence-corrected chi connectivity index (χ0v) is 14.0. The molecule has 4 unspecified atom stereocenters. The van der Waals surface area contributed by atoms with Gasteiger partial charge in [0.25, 0.3) is 0 Å². The lowest BCUT2D eigenvalue weighted by atomic mass is 9.76. The topological polar surface area (TPSA) is 58.4 Å². The molecule has 0 aromatic rings. The maximum Gasteiger partial charge on any atom is 0.237 e. The van der Waals surface area contributed by atoms with Gasteiger partial charge in [-0.3, -0.25) is 4.79 Å². The Morgan fingerprint density at radius 1 is 1.29 bits per heavy atom. The zero-order valence-electron chi connectivity index (χ0n) is 14.0. The first kappa shape index (κ1) is 16.8. The molecule has 122 valence electrons. The van der Waals surface area contributed by atoms with E-state index in [1.165, 1.54) is 32.1 Å². The van der Waals surface area contributed by atoms with Gasteiger partial charge in [0.2, 0.25) is 5.91 Å². The first-order valence-electron chi connectivity index (χ1n) is 8.77. The minimum atomic E-state index is -0.482. The summed E-state index contributed by atoms with van der Waals surface area (Å²) < 4.78 is 0. The van der Waals surface area contributed by atoms with E-state index in [0.29, 0.717) is 12.1 Å². The number of nitrogens with two attached hydrogens (primary N) is 1. The summed E-state index contributed by atoms with van der Waals surface area (Å²) in [6.07, 6.45) is 9.41. The van der Waals surface area contributed by atoms with E-state index < -0.39 is 5.54 Å². The van der Waals surface area contributed by atoms with Gasteiger partial charge in [0.05, 0.1) is 5.54 Å². The molecule has 0 aromatic carbocycles. The third-order valence-corrected chi connectivity index (χ3v) is 5.88. The van der Waals surface area contributed by atoms with E-state index in [0.717, 1.165) is 31.7 Å². The van der Waals surface area contributed by atoms with E-state index >= 15 is 0 Å². The highest BCUT2D eigenvalue weighted by atomic mass is 16.1. The van der Waals surface area contributed by atoms with Crippen molar-refractivity contribution in [3.63, 3.8) is 0 Å². The summed E-state index contributed by atoms with van der Waals surface area (Å²) >= 11 is 0. The van der Waals surface area contributed by atoms with Gasteiger partial charge in [-0.25, -0.2) is 0 Å². The fraction of sp³-hybridized carbons (Fsp3) is 0.941. The predicted octanol–water partition coefficient (Wildman–Crippen LogP) is 2.27. The Balaban J connectivity index is 2.07. The van der Waals surface area contributed by atoms with Gasteiger partial charge >= 0.3 is 0 Å². The van der Waals surface area contributed by atoms with Crippen molar-refractivity contribution >= 4 is 5.91 Å². The SMILES string of the molecule is CCNC1(C(N)=O)CCCC(N(C)C2CCCCC2C)C1. The molecule has 2 saturated carbocycles. The number of hydrogen-bond donors (Lipinski definition) is 2. The summed E-state index contributed by atoms with van der Waals surface area (Å²) in [6, 6.07) is 1.16. The molecule has 2 aliphatic rings. The summed E-state index contributed by atoms with van der Waals surface area (Å²) in [5, 5.41) is 3.40. The van der Waals surface area contributed by atoms with Crippen LogP contribution < -0.4 is 11.1 Å². The number of carbonyl (C=O) groups excluding carboxylic acids is 1. The number of hydrogen-bond acceptors (Lipinski definition) is 3. The van der Waals surface area contributed by atoms with Gasteiger partial charge in [0, 0.05) is 12.1 Å².